The van der Waals surface area contributed by atoms with E-state index in [1.54, 1.807) is 6.26 Å². The topological polar surface area (TPSA) is 72.2 Å². The third-order valence-electron chi connectivity index (χ3n) is 2.55. The van der Waals surface area contributed by atoms with Gasteiger partial charge in [0.2, 0.25) is 0 Å². The van der Waals surface area contributed by atoms with Gasteiger partial charge in [-0.1, -0.05) is 0 Å². The number of hydrogen-bond acceptors (Lipinski definition) is 4. The van der Waals surface area contributed by atoms with Crippen molar-refractivity contribution in [3.05, 3.63) is 39.7 Å². The van der Waals surface area contributed by atoms with E-state index >= 15 is 0 Å². The lowest BCUT2D eigenvalue weighted by Gasteiger charge is -2.10. The van der Waals surface area contributed by atoms with Gasteiger partial charge in [-0.15, -0.1) is 0 Å². The lowest BCUT2D eigenvalue weighted by Crippen LogP contribution is -2.27. The van der Waals surface area contributed by atoms with Gasteiger partial charge in [-0.25, -0.2) is 4.39 Å². The fourth-order valence-electron chi connectivity index (χ4n) is 1.40. The molecule has 0 aliphatic rings. The van der Waals surface area contributed by atoms with Crippen molar-refractivity contribution in [3.8, 4) is 0 Å². The van der Waals surface area contributed by atoms with E-state index in [2.05, 4.69) is 5.32 Å². The number of hydrogen-bond donors (Lipinski definition) is 1. The Kier molecular flexibility index (Phi) is 5.36. The third-order valence-corrected chi connectivity index (χ3v) is 3.85. The van der Waals surface area contributed by atoms with E-state index in [4.69, 9.17) is 0 Å². The molecule has 7 heteroatoms. The Bertz CT molecular complexity index is 468. The minimum absolute atomic E-state index is 0.0578. The first-order valence-corrected chi connectivity index (χ1v) is 6.99. The standard InChI is InChI=1S/C11H15FN2O3S/c1-8(18(2)17)6-13-7-9-5-10(12)3-4-11(9)14(15)16/h3-5,8,13H,6-7H2,1-2H3. The second kappa shape index (κ2) is 6.55. The van der Waals surface area contributed by atoms with E-state index in [9.17, 15) is 18.7 Å². The van der Waals surface area contributed by atoms with E-state index in [-0.39, 0.29) is 23.0 Å². The first-order valence-electron chi connectivity index (χ1n) is 5.37. The predicted octanol–water partition coefficient (Wildman–Crippen LogP) is 1.59. The molecule has 100 valence electrons. The third kappa shape index (κ3) is 4.15. The maximum Gasteiger partial charge on any atom is 0.274 e. The Labute approximate surface area is 107 Å². The zero-order valence-corrected chi connectivity index (χ0v) is 11.0. The van der Waals surface area contributed by atoms with Crippen LogP contribution in [-0.4, -0.2) is 27.2 Å². The van der Waals surface area contributed by atoms with Gasteiger partial charge in [-0.05, 0) is 19.1 Å². The number of nitrogens with zero attached hydrogens (tertiary/aromatic N) is 1. The zero-order chi connectivity index (χ0) is 13.7. The van der Waals surface area contributed by atoms with Crippen molar-refractivity contribution in [1.82, 2.24) is 5.32 Å². The van der Waals surface area contributed by atoms with Crippen LogP contribution in [0, 0.1) is 15.9 Å². The summed E-state index contributed by atoms with van der Waals surface area (Å²) >= 11 is 0. The monoisotopic (exact) mass is 274 g/mol. The molecule has 1 aromatic carbocycles. The van der Waals surface area contributed by atoms with Crippen LogP contribution in [0.3, 0.4) is 0 Å². The van der Waals surface area contributed by atoms with Crippen LogP contribution < -0.4 is 5.32 Å². The highest BCUT2D eigenvalue weighted by Gasteiger charge is 2.14. The fraction of sp³-hybridized carbons (Fsp3) is 0.455. The van der Waals surface area contributed by atoms with Gasteiger partial charge in [0.05, 0.1) is 4.92 Å². The average Bonchev–Trinajstić information content (AvgIpc) is 2.28. The zero-order valence-electron chi connectivity index (χ0n) is 10.2. The van der Waals surface area contributed by atoms with Gasteiger partial charge >= 0.3 is 0 Å². The highest BCUT2D eigenvalue weighted by molar-refractivity contribution is 7.84. The van der Waals surface area contributed by atoms with Crippen LogP contribution in [0.1, 0.15) is 12.5 Å². The van der Waals surface area contributed by atoms with Crippen LogP contribution >= 0.6 is 0 Å². The smallest absolute Gasteiger partial charge is 0.274 e. The lowest BCUT2D eigenvalue weighted by molar-refractivity contribution is -0.385. The van der Waals surface area contributed by atoms with Gasteiger partial charge in [0.25, 0.3) is 5.69 Å². The van der Waals surface area contributed by atoms with Crippen LogP contribution in [0.2, 0.25) is 0 Å². The molecule has 0 bridgehead atoms. The lowest BCUT2D eigenvalue weighted by atomic mass is 10.1. The van der Waals surface area contributed by atoms with E-state index < -0.39 is 21.5 Å². The summed E-state index contributed by atoms with van der Waals surface area (Å²) < 4.78 is 24.1. The van der Waals surface area contributed by atoms with Gasteiger partial charge in [-0.2, -0.15) is 0 Å². The van der Waals surface area contributed by atoms with Crippen LogP contribution in [0.4, 0.5) is 10.1 Å². The summed E-state index contributed by atoms with van der Waals surface area (Å²) in [5, 5.41) is 13.6. The number of nitrogens with one attached hydrogen (secondary N) is 1. The Morgan fingerprint density at radius 2 is 2.22 bits per heavy atom. The van der Waals surface area contributed by atoms with Gasteiger partial charge < -0.3 is 5.32 Å². The summed E-state index contributed by atoms with van der Waals surface area (Å²) in [6.07, 6.45) is 1.59. The molecule has 1 aromatic rings. The number of benzene rings is 1. The van der Waals surface area contributed by atoms with E-state index in [0.29, 0.717) is 6.54 Å². The Hall–Kier alpha value is -1.34. The van der Waals surface area contributed by atoms with Crippen molar-refractivity contribution in [2.45, 2.75) is 18.7 Å². The number of rotatable bonds is 6. The Balaban J connectivity index is 2.69. The van der Waals surface area contributed by atoms with Gasteiger partial charge in [0.15, 0.2) is 0 Å². The minimum Gasteiger partial charge on any atom is -0.311 e. The molecule has 5 nitrogen and oxygen atoms in total. The molecule has 0 saturated carbocycles. The summed E-state index contributed by atoms with van der Waals surface area (Å²) in [5.74, 6) is -0.510. The molecule has 0 aliphatic carbocycles. The van der Waals surface area contributed by atoms with E-state index in [1.807, 2.05) is 6.92 Å². The molecular formula is C11H15FN2O3S. The summed E-state index contributed by atoms with van der Waals surface area (Å²) in [6.45, 7) is 2.44. The Morgan fingerprint density at radius 1 is 1.56 bits per heavy atom. The van der Waals surface area contributed by atoms with Crippen molar-refractivity contribution in [3.63, 3.8) is 0 Å². The molecule has 0 aliphatic heterocycles. The molecule has 1 rings (SSSR count). The maximum atomic E-state index is 13.0. The Morgan fingerprint density at radius 3 is 2.78 bits per heavy atom. The highest BCUT2D eigenvalue weighted by atomic mass is 32.2. The van der Waals surface area contributed by atoms with Crippen molar-refractivity contribution >= 4 is 16.5 Å². The van der Waals surface area contributed by atoms with E-state index in [1.165, 1.54) is 0 Å². The molecule has 0 spiro atoms. The van der Waals surface area contributed by atoms with Crippen molar-refractivity contribution in [2.24, 2.45) is 0 Å². The first-order chi connectivity index (χ1) is 8.41. The SMILES string of the molecule is CC(CNCc1cc(F)ccc1[N+](=O)[O-])S(C)=O. The average molecular weight is 274 g/mol. The number of halogens is 1. The van der Waals surface area contributed by atoms with Gasteiger partial charge in [-0.3, -0.25) is 14.3 Å². The molecule has 0 amide bonds. The van der Waals surface area contributed by atoms with Crippen molar-refractivity contribution in [2.75, 3.05) is 12.8 Å². The molecule has 1 N–H and O–H groups in total. The normalized spacial score (nSPS) is 14.2. The fourth-order valence-corrected chi connectivity index (χ4v) is 1.75. The van der Waals surface area contributed by atoms with Crippen LogP contribution in [0.15, 0.2) is 18.2 Å². The molecule has 0 fully saturated rings. The molecule has 2 unspecified atom stereocenters. The molecule has 0 aromatic heterocycles. The number of nitro groups is 1. The molecule has 0 radical (unpaired) electrons. The second-order valence-electron chi connectivity index (χ2n) is 3.97. The molecule has 18 heavy (non-hydrogen) atoms. The molecule has 0 saturated heterocycles. The summed E-state index contributed by atoms with van der Waals surface area (Å²) in [6, 6.07) is 3.35. The molecule has 0 heterocycles. The molecule has 2 atom stereocenters. The van der Waals surface area contributed by atoms with Gasteiger partial charge in [0, 0.05) is 47.0 Å². The quantitative estimate of drug-likeness (QED) is 0.631. The van der Waals surface area contributed by atoms with Crippen LogP contribution in [0.25, 0.3) is 0 Å². The minimum atomic E-state index is -0.957. The first kappa shape index (κ1) is 14.7. The summed E-state index contributed by atoms with van der Waals surface area (Å²) in [5.41, 5.74) is 0.170. The van der Waals surface area contributed by atoms with Crippen molar-refractivity contribution < 1.29 is 13.5 Å². The highest BCUT2D eigenvalue weighted by Crippen LogP contribution is 2.19. The summed E-state index contributed by atoms with van der Waals surface area (Å²) in [4.78, 5) is 10.2. The van der Waals surface area contributed by atoms with Crippen molar-refractivity contribution in [1.29, 1.82) is 0 Å². The summed E-state index contributed by atoms with van der Waals surface area (Å²) in [7, 11) is -0.957. The largest absolute Gasteiger partial charge is 0.311 e. The molecular weight excluding hydrogens is 259 g/mol. The second-order valence-corrected chi connectivity index (χ2v) is 5.77. The van der Waals surface area contributed by atoms with Gasteiger partial charge in [0.1, 0.15) is 5.82 Å². The van der Waals surface area contributed by atoms with Crippen LogP contribution in [0.5, 0.6) is 0 Å². The number of nitro benzene ring substituents is 1. The van der Waals surface area contributed by atoms with E-state index in [0.717, 1.165) is 18.2 Å². The predicted molar refractivity (Wildman–Crippen MR) is 68.3 cm³/mol. The maximum absolute atomic E-state index is 13.0. The van der Waals surface area contributed by atoms with Crippen LogP contribution in [-0.2, 0) is 17.3 Å².